The molecule has 1 unspecified atom stereocenters. The number of thiazole rings is 1. The van der Waals surface area contributed by atoms with E-state index in [9.17, 15) is 9.59 Å². The SMILES string of the molecule is CN(NC(=O)Nc1cccc2c1C(=O)C1=C(c3ccc(N4CCNCC4)cc3)N=NC12)c1nccs1. The van der Waals surface area contributed by atoms with Gasteiger partial charge >= 0.3 is 6.03 Å². The number of Topliss-reactive ketones (excluding diaryl/α,β-unsaturated/α-hetero) is 1. The van der Waals surface area contributed by atoms with Crippen LogP contribution in [0.15, 0.2) is 69.8 Å². The molecule has 3 aromatic rings. The van der Waals surface area contributed by atoms with Gasteiger partial charge in [-0.1, -0.05) is 24.3 Å². The molecule has 1 atom stereocenters. The first-order chi connectivity index (χ1) is 17.6. The van der Waals surface area contributed by atoms with Crippen molar-refractivity contribution in [3.8, 4) is 0 Å². The number of ketones is 1. The van der Waals surface area contributed by atoms with Gasteiger partial charge in [0, 0.05) is 56.1 Å². The Morgan fingerprint density at radius 1 is 1.17 bits per heavy atom. The van der Waals surface area contributed by atoms with E-state index in [1.807, 2.05) is 29.6 Å². The third-order valence-corrected chi connectivity index (χ3v) is 7.36. The summed E-state index contributed by atoms with van der Waals surface area (Å²) in [7, 11) is 1.70. The van der Waals surface area contributed by atoms with Crippen LogP contribution in [0, 0.1) is 0 Å². The highest BCUT2D eigenvalue weighted by atomic mass is 32.1. The molecule has 1 aromatic heterocycles. The minimum atomic E-state index is -0.467. The first kappa shape index (κ1) is 22.4. The number of rotatable bonds is 5. The Kier molecular flexibility index (Phi) is 5.70. The zero-order valence-corrected chi connectivity index (χ0v) is 20.4. The lowest BCUT2D eigenvalue weighted by atomic mass is 10.0. The van der Waals surface area contributed by atoms with Crippen molar-refractivity contribution in [2.75, 3.05) is 48.5 Å². The highest BCUT2D eigenvalue weighted by Gasteiger charge is 2.42. The first-order valence-electron chi connectivity index (χ1n) is 11.7. The largest absolute Gasteiger partial charge is 0.369 e. The average molecular weight is 501 g/mol. The number of piperazine rings is 1. The molecular formula is C25H24N8O2S. The van der Waals surface area contributed by atoms with Crippen molar-refractivity contribution < 1.29 is 9.59 Å². The van der Waals surface area contributed by atoms with Crippen LogP contribution in [0.25, 0.3) is 5.70 Å². The topological polar surface area (TPSA) is 114 Å². The number of aromatic nitrogens is 1. The minimum Gasteiger partial charge on any atom is -0.369 e. The van der Waals surface area contributed by atoms with Crippen molar-refractivity contribution in [1.29, 1.82) is 0 Å². The van der Waals surface area contributed by atoms with Gasteiger partial charge in [-0.2, -0.15) is 10.2 Å². The molecule has 3 heterocycles. The number of carbonyl (C=O) groups excluding carboxylic acids is 2. The molecule has 10 nitrogen and oxygen atoms in total. The van der Waals surface area contributed by atoms with E-state index < -0.39 is 12.1 Å². The first-order valence-corrected chi connectivity index (χ1v) is 12.6. The number of hydrogen-bond donors (Lipinski definition) is 3. The molecule has 11 heteroatoms. The zero-order valence-electron chi connectivity index (χ0n) is 19.6. The van der Waals surface area contributed by atoms with Crippen LogP contribution in [0.5, 0.6) is 0 Å². The molecule has 0 spiro atoms. The van der Waals surface area contributed by atoms with Crippen LogP contribution in [-0.2, 0) is 0 Å². The molecule has 6 rings (SSSR count). The Bertz CT molecular complexity index is 1380. The lowest BCUT2D eigenvalue weighted by Crippen LogP contribution is -2.43. The van der Waals surface area contributed by atoms with E-state index in [2.05, 4.69) is 48.3 Å². The van der Waals surface area contributed by atoms with Crippen LogP contribution < -0.4 is 26.0 Å². The molecule has 182 valence electrons. The number of nitrogens with one attached hydrogen (secondary N) is 3. The molecular weight excluding hydrogens is 476 g/mol. The lowest BCUT2D eigenvalue weighted by Gasteiger charge is -2.29. The maximum atomic E-state index is 13.6. The van der Waals surface area contributed by atoms with Gasteiger partial charge in [0.2, 0.25) is 5.13 Å². The second-order valence-corrected chi connectivity index (χ2v) is 9.58. The molecule has 1 aliphatic carbocycles. The van der Waals surface area contributed by atoms with Gasteiger partial charge in [0.25, 0.3) is 0 Å². The Morgan fingerprint density at radius 3 is 2.72 bits per heavy atom. The highest BCUT2D eigenvalue weighted by molar-refractivity contribution is 7.13. The number of anilines is 3. The van der Waals surface area contributed by atoms with Gasteiger partial charge in [0.15, 0.2) is 5.78 Å². The van der Waals surface area contributed by atoms with Crippen LogP contribution in [-0.4, -0.2) is 50.0 Å². The number of urea groups is 1. The van der Waals surface area contributed by atoms with Crippen LogP contribution in [0.2, 0.25) is 0 Å². The number of benzene rings is 2. The van der Waals surface area contributed by atoms with E-state index in [1.165, 1.54) is 16.3 Å². The molecule has 1 saturated heterocycles. The van der Waals surface area contributed by atoms with E-state index in [-0.39, 0.29) is 5.78 Å². The summed E-state index contributed by atoms with van der Waals surface area (Å²) in [6, 6.07) is 12.6. The second-order valence-electron chi connectivity index (χ2n) is 8.70. The number of carbonyl (C=O) groups is 2. The van der Waals surface area contributed by atoms with Crippen LogP contribution >= 0.6 is 11.3 Å². The highest BCUT2D eigenvalue weighted by Crippen LogP contribution is 2.49. The lowest BCUT2D eigenvalue weighted by molar-refractivity contribution is 0.103. The van der Waals surface area contributed by atoms with E-state index in [1.54, 1.807) is 19.3 Å². The van der Waals surface area contributed by atoms with Crippen molar-refractivity contribution in [3.05, 3.63) is 76.3 Å². The Balaban J connectivity index is 1.25. The van der Waals surface area contributed by atoms with Crippen molar-refractivity contribution in [1.82, 2.24) is 15.7 Å². The number of amides is 2. The van der Waals surface area contributed by atoms with Crippen LogP contribution in [0.4, 0.5) is 21.3 Å². The number of fused-ring (bicyclic) bond motifs is 3. The van der Waals surface area contributed by atoms with E-state index in [4.69, 9.17) is 0 Å². The standard InChI is InChI=1S/C25H24N8O2S/c1-32(25-27-11-14-36-25)31-24(35)28-18-4-2-3-17-19(18)23(34)20-21(29-30-22(17)20)15-5-7-16(8-6-15)33-12-9-26-10-13-33/h2-8,11,14,22,26H,9-10,12-13H2,1H3,(H2,28,31,35). The minimum absolute atomic E-state index is 0.162. The Hall–Kier alpha value is -4.09. The van der Waals surface area contributed by atoms with Crippen LogP contribution in [0.3, 0.4) is 0 Å². The van der Waals surface area contributed by atoms with Crippen molar-refractivity contribution in [2.45, 2.75) is 6.04 Å². The third kappa shape index (κ3) is 3.91. The summed E-state index contributed by atoms with van der Waals surface area (Å²) >= 11 is 1.40. The number of hydrazine groups is 1. The van der Waals surface area contributed by atoms with Gasteiger partial charge in [0.05, 0.1) is 16.8 Å². The van der Waals surface area contributed by atoms with E-state index >= 15 is 0 Å². The summed E-state index contributed by atoms with van der Waals surface area (Å²) in [6.07, 6.45) is 1.66. The van der Waals surface area contributed by atoms with Gasteiger partial charge in [-0.15, -0.1) is 11.3 Å². The third-order valence-electron chi connectivity index (χ3n) is 6.51. The monoisotopic (exact) mass is 500 g/mol. The molecule has 0 radical (unpaired) electrons. The van der Waals surface area contributed by atoms with Gasteiger partial charge in [-0.25, -0.2) is 15.2 Å². The molecule has 3 aliphatic rings. The van der Waals surface area contributed by atoms with Gasteiger partial charge in [-0.3, -0.25) is 9.80 Å². The Morgan fingerprint density at radius 2 is 1.97 bits per heavy atom. The molecule has 2 aliphatic heterocycles. The fourth-order valence-electron chi connectivity index (χ4n) is 4.79. The smallest absolute Gasteiger partial charge is 0.338 e. The van der Waals surface area contributed by atoms with Gasteiger partial charge in [-0.05, 0) is 23.8 Å². The fourth-order valence-corrected chi connectivity index (χ4v) is 5.36. The molecule has 1 fully saturated rings. The van der Waals surface area contributed by atoms with Crippen molar-refractivity contribution >= 4 is 45.4 Å². The number of hydrogen-bond acceptors (Lipinski definition) is 9. The van der Waals surface area contributed by atoms with Crippen molar-refractivity contribution in [2.24, 2.45) is 10.2 Å². The summed E-state index contributed by atoms with van der Waals surface area (Å²) in [5, 5.41) is 19.0. The molecule has 2 amide bonds. The van der Waals surface area contributed by atoms with Crippen LogP contribution in [0.1, 0.15) is 27.5 Å². The summed E-state index contributed by atoms with van der Waals surface area (Å²) in [4.78, 5) is 32.8. The van der Waals surface area contributed by atoms with E-state index in [0.717, 1.165) is 43.0 Å². The molecule has 36 heavy (non-hydrogen) atoms. The van der Waals surface area contributed by atoms with Gasteiger partial charge < -0.3 is 15.5 Å². The average Bonchev–Trinajstić information content (AvgIpc) is 3.64. The molecule has 0 bridgehead atoms. The molecule has 3 N–H and O–H groups in total. The summed E-state index contributed by atoms with van der Waals surface area (Å²) in [5.74, 6) is -0.162. The predicted molar refractivity (Wildman–Crippen MR) is 139 cm³/mol. The molecule has 2 aromatic carbocycles. The second kappa shape index (κ2) is 9.17. The van der Waals surface area contributed by atoms with E-state index in [0.29, 0.717) is 27.7 Å². The zero-order chi connectivity index (χ0) is 24.6. The summed E-state index contributed by atoms with van der Waals surface area (Å²) in [5.41, 5.74) is 7.50. The normalized spacial score (nSPS) is 18.3. The maximum absolute atomic E-state index is 13.6. The maximum Gasteiger partial charge on any atom is 0.338 e. The fraction of sp³-hybridized carbons (Fsp3) is 0.240. The predicted octanol–water partition coefficient (Wildman–Crippen LogP) is 3.84. The number of nitrogens with zero attached hydrogens (tertiary/aromatic N) is 5. The summed E-state index contributed by atoms with van der Waals surface area (Å²) < 4.78 is 0. The Labute approximate surface area is 211 Å². The summed E-state index contributed by atoms with van der Waals surface area (Å²) in [6.45, 7) is 3.86. The van der Waals surface area contributed by atoms with Gasteiger partial charge in [0.1, 0.15) is 11.7 Å². The quantitative estimate of drug-likeness (QED) is 0.459. The molecule has 0 saturated carbocycles. The number of azo groups is 1. The van der Waals surface area contributed by atoms with Crippen molar-refractivity contribution in [3.63, 3.8) is 0 Å².